The van der Waals surface area contributed by atoms with E-state index in [9.17, 15) is 0 Å². The van der Waals surface area contributed by atoms with Gasteiger partial charge < -0.3 is 9.88 Å². The van der Waals surface area contributed by atoms with Gasteiger partial charge in [-0.15, -0.1) is 0 Å². The molecule has 0 saturated carbocycles. The van der Waals surface area contributed by atoms with E-state index in [0.29, 0.717) is 6.04 Å². The lowest BCUT2D eigenvalue weighted by atomic mass is 10.3. The molecule has 0 unspecified atom stereocenters. The van der Waals surface area contributed by atoms with E-state index < -0.39 is 0 Å². The molecule has 0 radical (unpaired) electrons. The van der Waals surface area contributed by atoms with Gasteiger partial charge in [0.1, 0.15) is 5.82 Å². The molecule has 2 aromatic rings. The van der Waals surface area contributed by atoms with Gasteiger partial charge >= 0.3 is 0 Å². The summed E-state index contributed by atoms with van der Waals surface area (Å²) in [4.78, 5) is 4.36. The standard InChI is InChI=1S/C12H19N5/c1-10(2)14-7-12-13-4-5-17(12)9-11-6-15-16(3)8-11/h4-6,8,10,14H,7,9H2,1-3H3. The summed E-state index contributed by atoms with van der Waals surface area (Å²) in [6.07, 6.45) is 7.76. The molecular weight excluding hydrogens is 214 g/mol. The molecule has 0 atom stereocenters. The monoisotopic (exact) mass is 233 g/mol. The molecule has 1 N–H and O–H groups in total. The highest BCUT2D eigenvalue weighted by atomic mass is 15.2. The number of imidazole rings is 1. The third kappa shape index (κ3) is 3.17. The highest BCUT2D eigenvalue weighted by Gasteiger charge is 2.05. The molecular formula is C12H19N5. The first-order valence-electron chi connectivity index (χ1n) is 5.86. The number of hydrogen-bond donors (Lipinski definition) is 1. The fourth-order valence-corrected chi connectivity index (χ4v) is 1.70. The SMILES string of the molecule is CC(C)NCc1nccn1Cc1cnn(C)c1. The van der Waals surface area contributed by atoms with E-state index in [4.69, 9.17) is 0 Å². The van der Waals surface area contributed by atoms with Crippen LogP contribution >= 0.6 is 0 Å². The van der Waals surface area contributed by atoms with E-state index in [1.165, 1.54) is 5.56 Å². The van der Waals surface area contributed by atoms with Crippen LogP contribution in [0.15, 0.2) is 24.8 Å². The smallest absolute Gasteiger partial charge is 0.122 e. The maximum absolute atomic E-state index is 4.36. The van der Waals surface area contributed by atoms with Crippen molar-refractivity contribution in [3.8, 4) is 0 Å². The minimum atomic E-state index is 0.471. The number of nitrogens with one attached hydrogen (secondary N) is 1. The van der Waals surface area contributed by atoms with Crippen LogP contribution in [0.5, 0.6) is 0 Å². The zero-order chi connectivity index (χ0) is 12.3. The van der Waals surface area contributed by atoms with Crippen molar-refractivity contribution in [2.45, 2.75) is 33.0 Å². The average Bonchev–Trinajstić information content (AvgIpc) is 2.86. The first kappa shape index (κ1) is 11.9. The van der Waals surface area contributed by atoms with Gasteiger partial charge in [-0.1, -0.05) is 13.8 Å². The van der Waals surface area contributed by atoms with Crippen LogP contribution < -0.4 is 5.32 Å². The summed E-state index contributed by atoms with van der Waals surface area (Å²) in [6, 6.07) is 0.471. The van der Waals surface area contributed by atoms with Crippen LogP contribution in [0.4, 0.5) is 0 Å². The molecule has 2 rings (SSSR count). The molecule has 0 fully saturated rings. The van der Waals surface area contributed by atoms with E-state index in [-0.39, 0.29) is 0 Å². The van der Waals surface area contributed by atoms with Crippen molar-refractivity contribution in [2.75, 3.05) is 0 Å². The number of aryl methyl sites for hydroxylation is 1. The molecule has 0 aromatic carbocycles. The first-order chi connectivity index (χ1) is 8.15. The van der Waals surface area contributed by atoms with Gasteiger partial charge in [-0.3, -0.25) is 4.68 Å². The largest absolute Gasteiger partial charge is 0.329 e. The lowest BCUT2D eigenvalue weighted by Crippen LogP contribution is -2.24. The highest BCUT2D eigenvalue weighted by molar-refractivity contribution is 5.06. The molecule has 0 aliphatic carbocycles. The first-order valence-corrected chi connectivity index (χ1v) is 5.86. The lowest BCUT2D eigenvalue weighted by molar-refractivity contribution is 0.554. The van der Waals surface area contributed by atoms with Crippen LogP contribution in [0, 0.1) is 0 Å². The summed E-state index contributed by atoms with van der Waals surface area (Å²) >= 11 is 0. The normalized spacial score (nSPS) is 11.3. The van der Waals surface area contributed by atoms with Crippen molar-refractivity contribution < 1.29 is 0 Å². The Morgan fingerprint density at radius 3 is 2.88 bits per heavy atom. The van der Waals surface area contributed by atoms with Gasteiger partial charge in [0, 0.05) is 37.2 Å². The summed E-state index contributed by atoms with van der Waals surface area (Å²) in [7, 11) is 1.93. The van der Waals surface area contributed by atoms with Crippen LogP contribution in [0.1, 0.15) is 25.2 Å². The minimum Gasteiger partial charge on any atom is -0.329 e. The third-order valence-corrected chi connectivity index (χ3v) is 2.58. The Bertz CT molecular complexity index is 469. The van der Waals surface area contributed by atoms with E-state index >= 15 is 0 Å². The quantitative estimate of drug-likeness (QED) is 0.843. The maximum atomic E-state index is 4.36. The summed E-state index contributed by atoms with van der Waals surface area (Å²) in [6.45, 7) is 5.89. The summed E-state index contributed by atoms with van der Waals surface area (Å²) in [5, 5.41) is 7.54. The predicted molar refractivity (Wildman–Crippen MR) is 66.5 cm³/mol. The zero-order valence-electron chi connectivity index (χ0n) is 10.6. The molecule has 0 amide bonds. The second kappa shape index (κ2) is 5.14. The summed E-state index contributed by atoms with van der Waals surface area (Å²) in [5.74, 6) is 1.06. The van der Waals surface area contributed by atoms with Gasteiger partial charge in [-0.25, -0.2) is 4.98 Å². The van der Waals surface area contributed by atoms with E-state index in [1.807, 2.05) is 36.5 Å². The number of nitrogens with zero attached hydrogens (tertiary/aromatic N) is 4. The molecule has 5 nitrogen and oxygen atoms in total. The van der Waals surface area contributed by atoms with Gasteiger partial charge in [0.25, 0.3) is 0 Å². The Morgan fingerprint density at radius 1 is 1.41 bits per heavy atom. The molecule has 92 valence electrons. The zero-order valence-corrected chi connectivity index (χ0v) is 10.6. The van der Waals surface area contributed by atoms with Crippen molar-refractivity contribution in [3.63, 3.8) is 0 Å². The number of rotatable bonds is 5. The van der Waals surface area contributed by atoms with E-state index in [2.05, 4.69) is 33.8 Å². The molecule has 2 aromatic heterocycles. The van der Waals surface area contributed by atoms with Crippen LogP contribution in [-0.4, -0.2) is 25.4 Å². The van der Waals surface area contributed by atoms with E-state index in [1.54, 1.807) is 0 Å². The Kier molecular flexibility index (Phi) is 3.58. The van der Waals surface area contributed by atoms with Crippen LogP contribution in [-0.2, 0) is 20.1 Å². The van der Waals surface area contributed by atoms with Crippen molar-refractivity contribution in [1.29, 1.82) is 0 Å². The average molecular weight is 233 g/mol. The molecule has 0 aliphatic heterocycles. The predicted octanol–water partition coefficient (Wildman–Crippen LogP) is 1.16. The fourth-order valence-electron chi connectivity index (χ4n) is 1.70. The number of aromatic nitrogens is 4. The van der Waals surface area contributed by atoms with Crippen molar-refractivity contribution >= 4 is 0 Å². The van der Waals surface area contributed by atoms with Gasteiger partial charge in [0.2, 0.25) is 0 Å². The van der Waals surface area contributed by atoms with Gasteiger partial charge in [-0.2, -0.15) is 5.10 Å². The highest BCUT2D eigenvalue weighted by Crippen LogP contribution is 2.04. The molecule has 0 spiro atoms. The van der Waals surface area contributed by atoms with Crippen LogP contribution in [0.25, 0.3) is 0 Å². The van der Waals surface area contributed by atoms with Gasteiger partial charge in [0.15, 0.2) is 0 Å². The van der Waals surface area contributed by atoms with Crippen molar-refractivity contribution in [2.24, 2.45) is 7.05 Å². The summed E-state index contributed by atoms with van der Waals surface area (Å²) in [5.41, 5.74) is 1.19. The van der Waals surface area contributed by atoms with Crippen LogP contribution in [0.2, 0.25) is 0 Å². The van der Waals surface area contributed by atoms with Crippen LogP contribution in [0.3, 0.4) is 0 Å². The number of hydrogen-bond acceptors (Lipinski definition) is 3. The van der Waals surface area contributed by atoms with E-state index in [0.717, 1.165) is 18.9 Å². The molecule has 2 heterocycles. The minimum absolute atomic E-state index is 0.471. The second-order valence-corrected chi connectivity index (χ2v) is 4.53. The Hall–Kier alpha value is -1.62. The Balaban J connectivity index is 2.03. The second-order valence-electron chi connectivity index (χ2n) is 4.53. The van der Waals surface area contributed by atoms with Crippen molar-refractivity contribution in [1.82, 2.24) is 24.6 Å². The molecule has 5 heteroatoms. The molecule has 0 saturated heterocycles. The lowest BCUT2D eigenvalue weighted by Gasteiger charge is -2.09. The Morgan fingerprint density at radius 2 is 2.24 bits per heavy atom. The molecule has 0 bridgehead atoms. The maximum Gasteiger partial charge on any atom is 0.122 e. The van der Waals surface area contributed by atoms with Gasteiger partial charge in [0.05, 0.1) is 19.3 Å². The molecule has 0 aliphatic rings. The summed E-state index contributed by atoms with van der Waals surface area (Å²) < 4.78 is 3.96. The third-order valence-electron chi connectivity index (χ3n) is 2.58. The van der Waals surface area contributed by atoms with Crippen molar-refractivity contribution in [3.05, 3.63) is 36.2 Å². The molecule has 17 heavy (non-hydrogen) atoms. The Labute approximate surface area is 101 Å². The fraction of sp³-hybridized carbons (Fsp3) is 0.500. The van der Waals surface area contributed by atoms with Gasteiger partial charge in [-0.05, 0) is 0 Å². The topological polar surface area (TPSA) is 47.7 Å².